The largest absolute Gasteiger partial charge is 0.377 e. The Hall–Kier alpha value is -1.44. The molecule has 0 fully saturated rings. The lowest BCUT2D eigenvalue weighted by Crippen LogP contribution is -2.29. The minimum atomic E-state index is 0.237. The second-order valence-corrected chi connectivity index (χ2v) is 7.03. The molecule has 0 saturated carbocycles. The molecule has 1 nitrogen and oxygen atoms in total. The molecule has 0 unspecified atom stereocenters. The van der Waals surface area contributed by atoms with Crippen molar-refractivity contribution in [1.82, 2.24) is 0 Å². The van der Waals surface area contributed by atoms with Crippen molar-refractivity contribution in [2.45, 2.75) is 25.3 Å². The summed E-state index contributed by atoms with van der Waals surface area (Å²) in [7, 11) is 0. The molecule has 1 aliphatic heterocycles. The first-order valence-corrected chi connectivity index (χ1v) is 8.38. The number of benzene rings is 2. The Morgan fingerprint density at radius 3 is 2.73 bits per heavy atom. The summed E-state index contributed by atoms with van der Waals surface area (Å²) in [6.07, 6.45) is 5.68. The first kappa shape index (κ1) is 14.2. The third-order valence-electron chi connectivity index (χ3n) is 4.87. The van der Waals surface area contributed by atoms with E-state index in [0.717, 1.165) is 16.5 Å². The summed E-state index contributed by atoms with van der Waals surface area (Å²) in [5, 5.41) is 5.39. The van der Waals surface area contributed by atoms with Crippen LogP contribution in [0.2, 0.25) is 10.0 Å². The number of anilines is 1. The lowest BCUT2D eigenvalue weighted by atomic mass is 9.76. The Bertz CT molecular complexity index is 766. The van der Waals surface area contributed by atoms with Gasteiger partial charge in [0.15, 0.2) is 0 Å². The van der Waals surface area contributed by atoms with E-state index < -0.39 is 0 Å². The fourth-order valence-corrected chi connectivity index (χ4v) is 4.41. The minimum absolute atomic E-state index is 0.237. The van der Waals surface area contributed by atoms with Gasteiger partial charge in [-0.15, -0.1) is 0 Å². The molecular formula is C19H17Cl2N. The normalized spacial score (nSPS) is 25.5. The molecule has 0 bridgehead atoms. The van der Waals surface area contributed by atoms with E-state index in [1.807, 2.05) is 18.2 Å². The molecule has 1 aliphatic carbocycles. The molecule has 0 aromatic heterocycles. The fraction of sp³-hybridized carbons (Fsp3) is 0.263. The van der Waals surface area contributed by atoms with Gasteiger partial charge < -0.3 is 5.32 Å². The molecule has 0 amide bonds. The monoisotopic (exact) mass is 329 g/mol. The topological polar surface area (TPSA) is 12.0 Å². The van der Waals surface area contributed by atoms with Gasteiger partial charge in [0.2, 0.25) is 0 Å². The highest BCUT2D eigenvalue weighted by atomic mass is 35.5. The maximum Gasteiger partial charge on any atom is 0.0568 e. The number of nitrogens with one attached hydrogen (secondary N) is 1. The van der Waals surface area contributed by atoms with E-state index in [4.69, 9.17) is 23.2 Å². The van der Waals surface area contributed by atoms with Crippen molar-refractivity contribution in [3.05, 3.63) is 75.3 Å². The van der Waals surface area contributed by atoms with Gasteiger partial charge in [0.25, 0.3) is 0 Å². The summed E-state index contributed by atoms with van der Waals surface area (Å²) in [5.41, 5.74) is 4.90. The summed E-state index contributed by atoms with van der Waals surface area (Å²) in [6.45, 7) is 2.11. The Morgan fingerprint density at radius 2 is 1.91 bits per heavy atom. The lowest BCUT2D eigenvalue weighted by molar-refractivity contribution is 0.425. The predicted molar refractivity (Wildman–Crippen MR) is 94.0 cm³/mol. The van der Waals surface area contributed by atoms with Gasteiger partial charge in [-0.1, -0.05) is 53.6 Å². The maximum atomic E-state index is 6.46. The summed E-state index contributed by atoms with van der Waals surface area (Å²) >= 11 is 12.7. The van der Waals surface area contributed by atoms with Crippen LogP contribution in [0.5, 0.6) is 0 Å². The van der Waals surface area contributed by atoms with Crippen molar-refractivity contribution in [3.63, 3.8) is 0 Å². The summed E-state index contributed by atoms with van der Waals surface area (Å²) in [5.74, 6) is 0.903. The second kappa shape index (κ2) is 5.33. The Kier molecular flexibility index (Phi) is 3.43. The number of fused-ring (bicyclic) bond motifs is 3. The van der Waals surface area contributed by atoms with E-state index in [2.05, 4.69) is 42.6 Å². The molecule has 4 rings (SSSR count). The van der Waals surface area contributed by atoms with E-state index in [1.54, 1.807) is 0 Å². The van der Waals surface area contributed by atoms with Crippen molar-refractivity contribution in [3.8, 4) is 0 Å². The van der Waals surface area contributed by atoms with Crippen LogP contribution in [-0.2, 0) is 0 Å². The Labute approximate surface area is 140 Å². The lowest BCUT2D eigenvalue weighted by Gasteiger charge is -2.38. The van der Waals surface area contributed by atoms with E-state index >= 15 is 0 Å². The first-order valence-electron chi connectivity index (χ1n) is 7.63. The van der Waals surface area contributed by atoms with Gasteiger partial charge in [-0.3, -0.25) is 0 Å². The molecule has 2 aromatic rings. The van der Waals surface area contributed by atoms with E-state index in [1.165, 1.54) is 22.4 Å². The first-order chi connectivity index (χ1) is 10.6. The number of rotatable bonds is 1. The van der Waals surface area contributed by atoms with Gasteiger partial charge in [0.05, 0.1) is 6.04 Å². The van der Waals surface area contributed by atoms with Crippen molar-refractivity contribution in [2.75, 3.05) is 5.32 Å². The Morgan fingerprint density at radius 1 is 1.09 bits per heavy atom. The number of halogens is 2. The number of allylic oxidation sites excluding steroid dienone is 2. The van der Waals surface area contributed by atoms with Crippen LogP contribution in [0.15, 0.2) is 48.6 Å². The number of hydrogen-bond donors (Lipinski definition) is 1. The van der Waals surface area contributed by atoms with Gasteiger partial charge in [-0.05, 0) is 54.2 Å². The van der Waals surface area contributed by atoms with E-state index in [-0.39, 0.29) is 6.04 Å². The molecule has 1 heterocycles. The third-order valence-corrected chi connectivity index (χ3v) is 5.43. The van der Waals surface area contributed by atoms with Gasteiger partial charge >= 0.3 is 0 Å². The van der Waals surface area contributed by atoms with E-state index in [9.17, 15) is 0 Å². The molecule has 0 radical (unpaired) electrons. The molecule has 3 atom stereocenters. The highest BCUT2D eigenvalue weighted by Crippen LogP contribution is 2.51. The van der Waals surface area contributed by atoms with E-state index in [0.29, 0.717) is 11.8 Å². The van der Waals surface area contributed by atoms with Crippen LogP contribution in [0.4, 0.5) is 5.69 Å². The molecule has 0 spiro atoms. The molecule has 0 saturated heterocycles. The summed E-state index contributed by atoms with van der Waals surface area (Å²) < 4.78 is 0. The number of aryl methyl sites for hydroxylation is 1. The average Bonchev–Trinajstić information content (AvgIpc) is 2.97. The molecular weight excluding hydrogens is 313 g/mol. The maximum absolute atomic E-state index is 6.46. The van der Waals surface area contributed by atoms with Crippen LogP contribution in [0.25, 0.3) is 0 Å². The van der Waals surface area contributed by atoms with Crippen LogP contribution in [0, 0.1) is 12.8 Å². The van der Waals surface area contributed by atoms with Crippen LogP contribution < -0.4 is 5.32 Å². The zero-order valence-electron chi connectivity index (χ0n) is 12.3. The van der Waals surface area contributed by atoms with Gasteiger partial charge in [0, 0.05) is 21.7 Å². The molecule has 3 heteroatoms. The van der Waals surface area contributed by atoms with Gasteiger partial charge in [0.1, 0.15) is 0 Å². The van der Waals surface area contributed by atoms with Crippen molar-refractivity contribution < 1.29 is 0 Å². The van der Waals surface area contributed by atoms with Crippen molar-refractivity contribution >= 4 is 28.9 Å². The number of hydrogen-bond acceptors (Lipinski definition) is 1. The van der Waals surface area contributed by atoms with Crippen molar-refractivity contribution in [2.24, 2.45) is 5.92 Å². The molecule has 1 N–H and O–H groups in total. The Balaban J connectivity index is 1.86. The average molecular weight is 330 g/mol. The second-order valence-electron chi connectivity index (χ2n) is 6.18. The highest BCUT2D eigenvalue weighted by Gasteiger charge is 2.39. The minimum Gasteiger partial charge on any atom is -0.377 e. The fourth-order valence-electron chi connectivity index (χ4n) is 3.88. The molecule has 2 aliphatic rings. The molecule has 2 aromatic carbocycles. The summed E-state index contributed by atoms with van der Waals surface area (Å²) in [4.78, 5) is 0. The third kappa shape index (κ3) is 2.15. The zero-order valence-corrected chi connectivity index (χ0v) is 13.8. The van der Waals surface area contributed by atoms with Crippen LogP contribution in [-0.4, -0.2) is 0 Å². The quantitative estimate of drug-likeness (QED) is 0.620. The zero-order chi connectivity index (χ0) is 15.3. The van der Waals surface area contributed by atoms with Crippen LogP contribution >= 0.6 is 23.2 Å². The van der Waals surface area contributed by atoms with Crippen molar-refractivity contribution in [1.29, 1.82) is 0 Å². The highest BCUT2D eigenvalue weighted by molar-refractivity contribution is 6.31. The smallest absolute Gasteiger partial charge is 0.0568 e. The molecule has 22 heavy (non-hydrogen) atoms. The van der Waals surface area contributed by atoms with Gasteiger partial charge in [-0.2, -0.15) is 0 Å². The standard InChI is InChI=1S/C19H17Cl2N/c1-11-9-12(20)10-16-13-6-4-7-14(13)19(22-18(11)16)15-5-2-3-8-17(15)21/h2-6,8-10,13-14,19,22H,7H2,1H3/t13-,14-,19-/m0/s1. The molecule has 112 valence electrons. The van der Waals surface area contributed by atoms with Crippen LogP contribution in [0.1, 0.15) is 35.1 Å². The summed E-state index contributed by atoms with van der Waals surface area (Å²) in [6, 6.07) is 12.5. The SMILES string of the molecule is Cc1cc(Cl)cc2c1N[C@H](c1ccccc1Cl)[C@H]1CC=C[C@H]21. The predicted octanol–water partition coefficient (Wildman–Crippen LogP) is 6.13. The van der Waals surface area contributed by atoms with Gasteiger partial charge in [-0.25, -0.2) is 0 Å². The van der Waals surface area contributed by atoms with Crippen LogP contribution in [0.3, 0.4) is 0 Å².